The van der Waals surface area contributed by atoms with Crippen molar-refractivity contribution in [1.82, 2.24) is 10.2 Å². The van der Waals surface area contributed by atoms with Gasteiger partial charge in [-0.1, -0.05) is 6.92 Å². The summed E-state index contributed by atoms with van der Waals surface area (Å²) in [5.41, 5.74) is 0. The zero-order chi connectivity index (χ0) is 16.0. The third kappa shape index (κ3) is 5.15. The number of thioether (sulfide) groups is 1. The van der Waals surface area contributed by atoms with Crippen LogP contribution >= 0.6 is 11.8 Å². The van der Waals surface area contributed by atoms with Gasteiger partial charge in [0.05, 0.1) is 7.11 Å². The van der Waals surface area contributed by atoms with Crippen LogP contribution in [0.25, 0.3) is 0 Å². The molecule has 9 heteroatoms. The van der Waals surface area contributed by atoms with Crippen LogP contribution in [0.3, 0.4) is 0 Å². The highest BCUT2D eigenvalue weighted by atomic mass is 32.2. The SMILES string of the molecule is CCS(=O)(=O)C1CSCCN1CC(NC(C)=O)C(=O)OC. The van der Waals surface area contributed by atoms with Crippen LogP contribution in [-0.2, 0) is 24.2 Å². The second-order valence-corrected chi connectivity index (χ2v) is 8.35. The fraction of sp³-hybridized carbons (Fsp3) is 0.833. The van der Waals surface area contributed by atoms with Crippen LogP contribution in [0.2, 0.25) is 0 Å². The number of carbonyl (C=O) groups excluding carboxylic acids is 2. The Balaban J connectivity index is 2.88. The van der Waals surface area contributed by atoms with Crippen molar-refractivity contribution in [2.24, 2.45) is 0 Å². The van der Waals surface area contributed by atoms with Crippen LogP contribution < -0.4 is 5.32 Å². The van der Waals surface area contributed by atoms with Crippen LogP contribution in [0.1, 0.15) is 13.8 Å². The van der Waals surface area contributed by atoms with Crippen molar-refractivity contribution >= 4 is 33.5 Å². The molecule has 1 heterocycles. The number of ether oxygens (including phenoxy) is 1. The number of nitrogens with one attached hydrogen (secondary N) is 1. The minimum atomic E-state index is -3.24. The maximum atomic E-state index is 12.1. The van der Waals surface area contributed by atoms with Crippen molar-refractivity contribution < 1.29 is 22.7 Å². The lowest BCUT2D eigenvalue weighted by Crippen LogP contribution is -2.55. The van der Waals surface area contributed by atoms with Gasteiger partial charge in [0.15, 0.2) is 9.84 Å². The van der Waals surface area contributed by atoms with Gasteiger partial charge in [0.2, 0.25) is 5.91 Å². The molecule has 21 heavy (non-hydrogen) atoms. The summed E-state index contributed by atoms with van der Waals surface area (Å²) in [6.45, 7) is 3.61. The fourth-order valence-corrected chi connectivity index (χ4v) is 5.24. The molecule has 0 bridgehead atoms. The quantitative estimate of drug-likeness (QED) is 0.651. The zero-order valence-electron chi connectivity index (χ0n) is 12.5. The molecule has 1 saturated heterocycles. The molecule has 0 aromatic carbocycles. The monoisotopic (exact) mass is 338 g/mol. The Hall–Kier alpha value is -0.800. The minimum absolute atomic E-state index is 0.0533. The fourth-order valence-electron chi connectivity index (χ4n) is 2.15. The molecule has 0 radical (unpaired) electrons. The molecule has 0 aromatic rings. The molecule has 1 fully saturated rings. The van der Waals surface area contributed by atoms with Crippen molar-refractivity contribution in [3.63, 3.8) is 0 Å². The van der Waals surface area contributed by atoms with Crippen LogP contribution in [0.15, 0.2) is 0 Å². The van der Waals surface area contributed by atoms with Gasteiger partial charge in [-0.2, -0.15) is 11.8 Å². The summed E-state index contributed by atoms with van der Waals surface area (Å²) in [6.07, 6.45) is 0. The van der Waals surface area contributed by atoms with E-state index in [0.29, 0.717) is 12.3 Å². The minimum Gasteiger partial charge on any atom is -0.467 e. The molecular formula is C12H22N2O5S2. The number of methoxy groups -OCH3 is 1. The van der Waals surface area contributed by atoms with Gasteiger partial charge in [0.1, 0.15) is 11.4 Å². The van der Waals surface area contributed by atoms with E-state index in [1.54, 1.807) is 23.6 Å². The number of carbonyl (C=O) groups is 2. The zero-order valence-corrected chi connectivity index (χ0v) is 14.1. The normalized spacial score (nSPS) is 21.6. The molecule has 7 nitrogen and oxygen atoms in total. The Kier molecular flexibility index (Phi) is 6.95. The second-order valence-electron chi connectivity index (χ2n) is 4.75. The number of nitrogens with zero attached hydrogens (tertiary/aromatic N) is 1. The van der Waals surface area contributed by atoms with E-state index in [-0.39, 0.29) is 18.2 Å². The van der Waals surface area contributed by atoms with E-state index in [2.05, 4.69) is 10.1 Å². The predicted octanol–water partition coefficient (Wildman–Crippen LogP) is -0.526. The molecule has 1 amide bonds. The van der Waals surface area contributed by atoms with Crippen molar-refractivity contribution in [2.45, 2.75) is 25.3 Å². The first-order valence-electron chi connectivity index (χ1n) is 6.70. The van der Waals surface area contributed by atoms with Gasteiger partial charge in [-0.05, 0) is 0 Å². The average molecular weight is 338 g/mol. The molecule has 1 aliphatic heterocycles. The molecule has 0 aliphatic carbocycles. The van der Waals surface area contributed by atoms with Crippen molar-refractivity contribution in [3.05, 3.63) is 0 Å². The van der Waals surface area contributed by atoms with E-state index in [9.17, 15) is 18.0 Å². The number of hydrogen-bond acceptors (Lipinski definition) is 7. The second kappa shape index (κ2) is 8.00. The van der Waals surface area contributed by atoms with E-state index in [4.69, 9.17) is 0 Å². The van der Waals surface area contributed by atoms with Gasteiger partial charge in [0, 0.05) is 37.3 Å². The topological polar surface area (TPSA) is 92.8 Å². The largest absolute Gasteiger partial charge is 0.467 e. The molecule has 2 atom stereocenters. The summed E-state index contributed by atoms with van der Waals surface area (Å²) in [5, 5.41) is 1.89. The number of rotatable bonds is 6. The van der Waals surface area contributed by atoms with Crippen LogP contribution in [0, 0.1) is 0 Å². The Morgan fingerprint density at radius 2 is 2.14 bits per heavy atom. The number of sulfone groups is 1. The predicted molar refractivity (Wildman–Crippen MR) is 81.8 cm³/mol. The third-order valence-corrected chi connectivity index (χ3v) is 6.62. The Morgan fingerprint density at radius 1 is 1.48 bits per heavy atom. The van der Waals surface area contributed by atoms with Gasteiger partial charge >= 0.3 is 5.97 Å². The van der Waals surface area contributed by atoms with Gasteiger partial charge < -0.3 is 10.1 Å². The molecule has 1 aliphatic rings. The first-order valence-corrected chi connectivity index (χ1v) is 9.57. The van der Waals surface area contributed by atoms with E-state index in [0.717, 1.165) is 5.75 Å². The van der Waals surface area contributed by atoms with Gasteiger partial charge in [-0.15, -0.1) is 0 Å². The van der Waals surface area contributed by atoms with E-state index >= 15 is 0 Å². The molecule has 0 aromatic heterocycles. The molecule has 0 spiro atoms. The summed E-state index contributed by atoms with van der Waals surface area (Å²) in [5.74, 6) is 0.397. The Labute approximate surface area is 129 Å². The molecule has 0 saturated carbocycles. The van der Waals surface area contributed by atoms with Gasteiger partial charge in [-0.3, -0.25) is 9.69 Å². The van der Waals surface area contributed by atoms with E-state index in [1.807, 2.05) is 0 Å². The number of amides is 1. The van der Waals surface area contributed by atoms with Crippen LogP contribution in [0.4, 0.5) is 0 Å². The molecule has 1 N–H and O–H groups in total. The molecule has 1 rings (SSSR count). The highest BCUT2D eigenvalue weighted by Crippen LogP contribution is 2.21. The smallest absolute Gasteiger partial charge is 0.329 e. The lowest BCUT2D eigenvalue weighted by molar-refractivity contribution is -0.145. The van der Waals surface area contributed by atoms with Crippen LogP contribution in [-0.4, -0.2) is 74.1 Å². The summed E-state index contributed by atoms with van der Waals surface area (Å²) < 4.78 is 29.0. The summed E-state index contributed by atoms with van der Waals surface area (Å²) in [7, 11) is -2.00. The average Bonchev–Trinajstić information content (AvgIpc) is 2.45. The summed E-state index contributed by atoms with van der Waals surface area (Å²) in [4.78, 5) is 24.7. The van der Waals surface area contributed by atoms with Crippen molar-refractivity contribution in [3.8, 4) is 0 Å². The standard InChI is InChI=1S/C12H22N2O5S2/c1-4-21(17,18)11-8-20-6-5-14(11)7-10(12(16)19-3)13-9(2)15/h10-11H,4-8H2,1-3H3,(H,13,15). The van der Waals surface area contributed by atoms with Crippen molar-refractivity contribution in [1.29, 1.82) is 0 Å². The first-order chi connectivity index (χ1) is 9.81. The molecular weight excluding hydrogens is 316 g/mol. The number of hydrogen-bond donors (Lipinski definition) is 1. The molecule has 2 unspecified atom stereocenters. The third-order valence-electron chi connectivity index (χ3n) is 3.29. The highest BCUT2D eigenvalue weighted by Gasteiger charge is 2.35. The van der Waals surface area contributed by atoms with Crippen molar-refractivity contribution in [2.75, 3.05) is 37.5 Å². The lowest BCUT2D eigenvalue weighted by Gasteiger charge is -2.36. The summed E-state index contributed by atoms with van der Waals surface area (Å²) in [6, 6.07) is -0.856. The van der Waals surface area contributed by atoms with E-state index in [1.165, 1.54) is 14.0 Å². The maximum absolute atomic E-state index is 12.1. The molecule has 122 valence electrons. The Morgan fingerprint density at radius 3 is 2.67 bits per heavy atom. The lowest BCUT2D eigenvalue weighted by atomic mass is 10.2. The Bertz CT molecular complexity index is 480. The van der Waals surface area contributed by atoms with Gasteiger partial charge in [-0.25, -0.2) is 13.2 Å². The summed E-state index contributed by atoms with van der Waals surface area (Å²) >= 11 is 1.58. The van der Waals surface area contributed by atoms with Crippen LogP contribution in [0.5, 0.6) is 0 Å². The first kappa shape index (κ1) is 18.2. The maximum Gasteiger partial charge on any atom is 0.329 e. The number of esters is 1. The van der Waals surface area contributed by atoms with Gasteiger partial charge in [0.25, 0.3) is 0 Å². The highest BCUT2D eigenvalue weighted by molar-refractivity contribution is 8.01. The van der Waals surface area contributed by atoms with E-state index < -0.39 is 27.2 Å².